The molecule has 2 aromatic rings. The Kier molecular flexibility index (Phi) is 18.6. The number of thioether (sulfide) groups is 1. The van der Waals surface area contributed by atoms with Gasteiger partial charge in [0.1, 0.15) is 11.6 Å². The van der Waals surface area contributed by atoms with Crippen LogP contribution in [0.4, 0.5) is 11.6 Å². The summed E-state index contributed by atoms with van der Waals surface area (Å²) < 4.78 is 5.36. The normalized spacial score (nSPS) is 11.0. The molecule has 0 fully saturated rings. The first kappa shape index (κ1) is 32.2. The zero-order valence-corrected chi connectivity index (χ0v) is 25.0. The Morgan fingerprint density at radius 2 is 1.78 bits per heavy atom. The molecule has 2 heterocycles. The molecule has 0 aliphatic rings. The van der Waals surface area contributed by atoms with Crippen LogP contribution in [-0.2, 0) is 22.2 Å². The third-order valence-electron chi connectivity index (χ3n) is 4.35. The van der Waals surface area contributed by atoms with Gasteiger partial charge in [0.05, 0.1) is 23.1 Å². The van der Waals surface area contributed by atoms with Gasteiger partial charge in [-0.25, -0.2) is 9.97 Å². The first-order chi connectivity index (χ1) is 14.8. The number of carbonyl (C=O) groups is 1. The molecular weight excluding hydrogens is 514 g/mol. The van der Waals surface area contributed by atoms with Crippen molar-refractivity contribution in [1.29, 1.82) is 0 Å². The number of hydrogen-bond acceptors (Lipinski definition) is 8. The standard InChI is InChI=1S/C16H25ClN2O2S.C5H5ClN2S.K/c1-3-5-6-12(4-2)11-21-14(20)8-10-22-13-7-9-19-16(18)15(13)17;6-4-3(9)1-2-8-5(4)7;/h7,9,12H,3-6,8,10-11H2,1-2H3,(H2,18,19);1-2H,(H3,7,8,9);/q;;+1/p-1. The molecule has 0 saturated carbocycles. The van der Waals surface area contributed by atoms with Crippen molar-refractivity contribution in [3.05, 3.63) is 34.6 Å². The molecule has 0 amide bonds. The van der Waals surface area contributed by atoms with Crippen LogP contribution in [0.1, 0.15) is 46.0 Å². The number of aromatic nitrogens is 2. The molecule has 1 unspecified atom stereocenters. The van der Waals surface area contributed by atoms with E-state index in [2.05, 4.69) is 23.8 Å². The summed E-state index contributed by atoms with van der Waals surface area (Å²) in [5.41, 5.74) is 11.0. The molecule has 0 aliphatic carbocycles. The second kappa shape index (κ2) is 18.5. The van der Waals surface area contributed by atoms with Gasteiger partial charge < -0.3 is 28.8 Å². The Bertz CT molecular complexity index is 814. The van der Waals surface area contributed by atoms with Crippen LogP contribution >= 0.6 is 35.0 Å². The van der Waals surface area contributed by atoms with Crippen LogP contribution in [-0.4, -0.2) is 28.3 Å². The fourth-order valence-corrected chi connectivity index (χ4v) is 3.85. The van der Waals surface area contributed by atoms with Gasteiger partial charge in [-0.3, -0.25) is 4.79 Å². The predicted molar refractivity (Wildman–Crippen MR) is 133 cm³/mol. The minimum absolute atomic E-state index is 0. The number of ether oxygens (including phenoxy) is 1. The SMILES string of the molecule is CCCCC(CC)COC(=O)CCSc1ccnc(N)c1Cl.Nc1nccc([S-])c1Cl.[K+]. The molecule has 0 saturated heterocycles. The monoisotopic (exact) mass is 542 g/mol. The number of unbranched alkanes of at least 4 members (excludes halogenated alkanes) is 1. The molecule has 4 N–H and O–H groups in total. The topological polar surface area (TPSA) is 104 Å². The zero-order valence-electron chi connectivity index (χ0n) is 18.8. The summed E-state index contributed by atoms with van der Waals surface area (Å²) in [4.78, 5) is 20.8. The van der Waals surface area contributed by atoms with Crippen LogP contribution in [0.3, 0.4) is 0 Å². The Hall–Kier alpha value is 0.156. The molecule has 2 rings (SSSR count). The fourth-order valence-electron chi connectivity index (χ4n) is 2.42. The van der Waals surface area contributed by atoms with E-state index in [4.69, 9.17) is 52.0 Å². The number of nitrogen functional groups attached to an aromatic ring is 2. The summed E-state index contributed by atoms with van der Waals surface area (Å²) in [6.07, 6.45) is 8.05. The maximum atomic E-state index is 11.8. The summed E-state index contributed by atoms with van der Waals surface area (Å²) in [5.74, 6) is 1.56. The van der Waals surface area contributed by atoms with E-state index in [1.54, 1.807) is 18.3 Å². The van der Waals surface area contributed by atoms with E-state index in [-0.39, 0.29) is 57.4 Å². The number of carbonyl (C=O) groups excluding carboxylic acids is 1. The van der Waals surface area contributed by atoms with Gasteiger partial charge in [0.15, 0.2) is 0 Å². The molecule has 32 heavy (non-hydrogen) atoms. The van der Waals surface area contributed by atoms with E-state index >= 15 is 0 Å². The number of nitrogens with zero attached hydrogens (tertiary/aromatic N) is 2. The second-order valence-corrected chi connectivity index (χ2v) is 9.05. The van der Waals surface area contributed by atoms with Crippen molar-refractivity contribution in [2.75, 3.05) is 23.8 Å². The van der Waals surface area contributed by atoms with E-state index in [1.165, 1.54) is 30.8 Å². The van der Waals surface area contributed by atoms with E-state index < -0.39 is 0 Å². The van der Waals surface area contributed by atoms with Crippen molar-refractivity contribution in [3.63, 3.8) is 0 Å². The van der Waals surface area contributed by atoms with Crippen LogP contribution in [0.15, 0.2) is 34.3 Å². The summed E-state index contributed by atoms with van der Waals surface area (Å²) >= 11 is 17.9. The van der Waals surface area contributed by atoms with Crippen molar-refractivity contribution in [2.45, 2.75) is 55.7 Å². The van der Waals surface area contributed by atoms with Crippen molar-refractivity contribution in [3.8, 4) is 0 Å². The maximum absolute atomic E-state index is 11.8. The van der Waals surface area contributed by atoms with Crippen LogP contribution in [0.2, 0.25) is 10.0 Å². The number of esters is 1. The summed E-state index contributed by atoms with van der Waals surface area (Å²) in [6, 6.07) is 3.43. The van der Waals surface area contributed by atoms with Crippen LogP contribution < -0.4 is 62.9 Å². The third kappa shape index (κ3) is 12.6. The molecule has 0 radical (unpaired) electrons. The van der Waals surface area contributed by atoms with E-state index in [9.17, 15) is 4.79 Å². The summed E-state index contributed by atoms with van der Waals surface area (Å²) in [7, 11) is 0. The first-order valence-electron chi connectivity index (χ1n) is 10.0. The molecule has 0 aromatic carbocycles. The Morgan fingerprint density at radius 1 is 1.16 bits per heavy atom. The first-order valence-corrected chi connectivity index (χ1v) is 12.2. The largest absolute Gasteiger partial charge is 1.00 e. The Morgan fingerprint density at radius 3 is 2.34 bits per heavy atom. The van der Waals surface area contributed by atoms with E-state index in [0.29, 0.717) is 51.3 Å². The van der Waals surface area contributed by atoms with Crippen LogP contribution in [0.25, 0.3) is 0 Å². The van der Waals surface area contributed by atoms with Crippen molar-refractivity contribution >= 4 is 65.2 Å². The van der Waals surface area contributed by atoms with Gasteiger partial charge in [-0.1, -0.05) is 62.4 Å². The van der Waals surface area contributed by atoms with Crippen LogP contribution in [0, 0.1) is 5.92 Å². The van der Waals surface area contributed by atoms with Crippen molar-refractivity contribution < 1.29 is 60.9 Å². The maximum Gasteiger partial charge on any atom is 1.00 e. The van der Waals surface area contributed by atoms with Gasteiger partial charge in [0, 0.05) is 23.0 Å². The molecule has 2 aromatic heterocycles. The number of pyridine rings is 2. The minimum Gasteiger partial charge on any atom is -0.778 e. The van der Waals surface area contributed by atoms with Crippen LogP contribution in [0.5, 0.6) is 0 Å². The Balaban J connectivity index is 0.000000803. The van der Waals surface area contributed by atoms with Gasteiger partial charge in [0.2, 0.25) is 0 Å². The van der Waals surface area contributed by atoms with Crippen molar-refractivity contribution in [1.82, 2.24) is 9.97 Å². The molecule has 0 aliphatic heterocycles. The predicted octanol–water partition coefficient (Wildman–Crippen LogP) is 2.79. The van der Waals surface area contributed by atoms with E-state index in [0.717, 1.165) is 17.7 Å². The smallest absolute Gasteiger partial charge is 0.778 e. The Labute approximate surface area is 253 Å². The van der Waals surface area contributed by atoms with Gasteiger partial charge >= 0.3 is 57.4 Å². The number of rotatable bonds is 10. The fraction of sp³-hybridized carbons (Fsp3) is 0.476. The molecular formula is C21H29Cl2KN4O2S2. The second-order valence-electron chi connectivity index (χ2n) is 6.71. The molecule has 0 spiro atoms. The summed E-state index contributed by atoms with van der Waals surface area (Å²) in [5, 5.41) is 0.818. The average Bonchev–Trinajstić information content (AvgIpc) is 2.75. The number of halogens is 2. The molecule has 6 nitrogen and oxygen atoms in total. The minimum atomic E-state index is -0.152. The third-order valence-corrected chi connectivity index (χ3v) is 6.77. The average molecular weight is 544 g/mol. The molecule has 1 atom stereocenters. The van der Waals surface area contributed by atoms with E-state index in [1.807, 2.05) is 0 Å². The van der Waals surface area contributed by atoms with Gasteiger partial charge in [-0.05, 0) is 18.4 Å². The van der Waals surface area contributed by atoms with Gasteiger partial charge in [-0.15, -0.1) is 11.8 Å². The van der Waals surface area contributed by atoms with Crippen molar-refractivity contribution in [2.24, 2.45) is 5.92 Å². The number of anilines is 2. The van der Waals surface area contributed by atoms with Gasteiger partial charge in [-0.2, -0.15) is 4.90 Å². The number of nitrogens with two attached hydrogens (primary N) is 2. The quantitative estimate of drug-likeness (QED) is 0.204. The molecule has 0 bridgehead atoms. The number of hydrogen-bond donors (Lipinski definition) is 2. The zero-order chi connectivity index (χ0) is 23.2. The molecule has 172 valence electrons. The van der Waals surface area contributed by atoms with Gasteiger partial charge in [0.25, 0.3) is 0 Å². The summed E-state index contributed by atoms with van der Waals surface area (Å²) in [6.45, 7) is 4.84. The molecule has 11 heteroatoms.